The van der Waals surface area contributed by atoms with E-state index in [0.29, 0.717) is 17.9 Å². The molecule has 1 saturated heterocycles. The summed E-state index contributed by atoms with van der Waals surface area (Å²) in [6, 6.07) is 14.7. The van der Waals surface area contributed by atoms with Gasteiger partial charge in [-0.1, -0.05) is 29.5 Å². The van der Waals surface area contributed by atoms with Crippen LogP contribution in [0.1, 0.15) is 0 Å². The smallest absolute Gasteiger partial charge is 0.258 e. The normalized spacial score (nSPS) is 15.0. The second-order valence-corrected chi connectivity index (χ2v) is 9.25. The number of hydrogen-bond donors (Lipinski definition) is 0. The molecule has 0 aliphatic carbocycles. The van der Waals surface area contributed by atoms with Gasteiger partial charge in [-0.3, -0.25) is 9.59 Å². The summed E-state index contributed by atoms with van der Waals surface area (Å²) >= 11 is 2.56. The maximum absolute atomic E-state index is 13.4. The number of hydrogen-bond acceptors (Lipinski definition) is 5. The van der Waals surface area contributed by atoms with Crippen LogP contribution in [0.25, 0.3) is 10.2 Å². The minimum absolute atomic E-state index is 0.0494. The molecule has 0 saturated carbocycles. The minimum atomic E-state index is -0.314. The largest absolute Gasteiger partial charge is 0.368 e. The first kappa shape index (κ1) is 21.6. The summed E-state index contributed by atoms with van der Waals surface area (Å²) in [5, 5.41) is 0. The zero-order chi connectivity index (χ0) is 21.8. The van der Waals surface area contributed by atoms with Gasteiger partial charge in [0.05, 0.1) is 21.7 Å². The van der Waals surface area contributed by atoms with Crippen molar-refractivity contribution in [2.45, 2.75) is 0 Å². The van der Waals surface area contributed by atoms with Gasteiger partial charge in [-0.15, -0.1) is 11.8 Å². The number of aryl methyl sites for hydroxylation is 1. The van der Waals surface area contributed by atoms with Gasteiger partial charge >= 0.3 is 0 Å². The Bertz CT molecular complexity index is 1150. The number of benzene rings is 2. The number of halogens is 1. The number of fused-ring (bicyclic) bond motifs is 1. The van der Waals surface area contributed by atoms with Gasteiger partial charge in [0.1, 0.15) is 5.82 Å². The molecule has 0 bridgehead atoms. The van der Waals surface area contributed by atoms with Crippen molar-refractivity contribution in [1.29, 1.82) is 0 Å². The molecule has 2 amide bonds. The van der Waals surface area contributed by atoms with Gasteiger partial charge in [-0.2, -0.15) is 4.99 Å². The Morgan fingerprint density at radius 2 is 1.81 bits per heavy atom. The van der Waals surface area contributed by atoms with Crippen LogP contribution < -0.4 is 9.70 Å². The highest BCUT2D eigenvalue weighted by Crippen LogP contribution is 2.18. The van der Waals surface area contributed by atoms with Crippen molar-refractivity contribution >= 4 is 50.8 Å². The molecule has 1 fully saturated rings. The van der Waals surface area contributed by atoms with Crippen molar-refractivity contribution in [3.05, 3.63) is 59.1 Å². The zero-order valence-corrected chi connectivity index (χ0v) is 18.8. The summed E-state index contributed by atoms with van der Waals surface area (Å²) in [5.41, 5.74) is 2.00. The lowest BCUT2D eigenvalue weighted by atomic mass is 10.2. The van der Waals surface area contributed by atoms with Crippen LogP contribution in [-0.2, 0) is 16.6 Å². The standard InChI is InChI=1S/C22H23FN4O2S2/c1-25-18-8-7-16(23)13-19(18)31-22(25)24-20(28)14-30-15-21(29)27-11-9-26(10-12-27)17-5-3-2-4-6-17/h2-8,13H,9-12,14-15H2,1H3. The summed E-state index contributed by atoms with van der Waals surface area (Å²) < 4.78 is 15.9. The zero-order valence-electron chi connectivity index (χ0n) is 17.2. The fourth-order valence-electron chi connectivity index (χ4n) is 3.52. The van der Waals surface area contributed by atoms with Crippen LogP contribution in [0, 0.1) is 5.82 Å². The predicted octanol–water partition coefficient (Wildman–Crippen LogP) is 2.89. The Morgan fingerprint density at radius 3 is 2.55 bits per heavy atom. The maximum atomic E-state index is 13.4. The molecular formula is C22H23FN4O2S2. The lowest BCUT2D eigenvalue weighted by molar-refractivity contribution is -0.128. The molecule has 1 aromatic heterocycles. The third-order valence-electron chi connectivity index (χ3n) is 5.20. The van der Waals surface area contributed by atoms with Crippen molar-refractivity contribution in [1.82, 2.24) is 9.47 Å². The van der Waals surface area contributed by atoms with Gasteiger partial charge in [0.2, 0.25) is 5.91 Å². The molecule has 1 aliphatic heterocycles. The van der Waals surface area contributed by atoms with Crippen LogP contribution >= 0.6 is 23.1 Å². The predicted molar refractivity (Wildman–Crippen MR) is 124 cm³/mol. The van der Waals surface area contributed by atoms with Crippen molar-refractivity contribution < 1.29 is 14.0 Å². The SMILES string of the molecule is Cn1c(=NC(=O)CSCC(=O)N2CCN(c3ccccc3)CC2)sc2cc(F)ccc21. The van der Waals surface area contributed by atoms with E-state index in [0.717, 1.165) is 23.3 Å². The third-order valence-corrected chi connectivity index (χ3v) is 7.19. The molecule has 0 N–H and O–H groups in total. The molecule has 0 radical (unpaired) electrons. The number of para-hydroxylation sites is 1. The number of thiazole rings is 1. The average Bonchev–Trinajstić information content (AvgIpc) is 3.08. The highest BCUT2D eigenvalue weighted by molar-refractivity contribution is 8.00. The number of nitrogens with zero attached hydrogens (tertiary/aromatic N) is 4. The number of aromatic nitrogens is 1. The molecule has 4 rings (SSSR count). The van der Waals surface area contributed by atoms with Crippen LogP contribution in [0.4, 0.5) is 10.1 Å². The lowest BCUT2D eigenvalue weighted by Gasteiger charge is -2.36. The van der Waals surface area contributed by atoms with E-state index in [1.165, 1.54) is 40.9 Å². The molecule has 2 aromatic carbocycles. The number of carbonyl (C=O) groups is 2. The first-order valence-electron chi connectivity index (χ1n) is 9.99. The van der Waals surface area contributed by atoms with Crippen LogP contribution in [0.3, 0.4) is 0 Å². The molecular weight excluding hydrogens is 435 g/mol. The van der Waals surface area contributed by atoms with E-state index in [1.807, 2.05) is 23.1 Å². The Hall–Kier alpha value is -2.65. The highest BCUT2D eigenvalue weighted by Gasteiger charge is 2.21. The van der Waals surface area contributed by atoms with Crippen LogP contribution in [0.2, 0.25) is 0 Å². The van der Waals surface area contributed by atoms with E-state index in [9.17, 15) is 14.0 Å². The Kier molecular flexibility index (Phi) is 6.72. The van der Waals surface area contributed by atoms with Crippen molar-refractivity contribution in [2.75, 3.05) is 42.6 Å². The topological polar surface area (TPSA) is 57.9 Å². The average molecular weight is 459 g/mol. The molecule has 6 nitrogen and oxygen atoms in total. The summed E-state index contributed by atoms with van der Waals surface area (Å²) in [5.74, 6) is -0.164. The van der Waals surface area contributed by atoms with Gasteiger partial charge < -0.3 is 14.4 Å². The molecule has 0 atom stereocenters. The maximum Gasteiger partial charge on any atom is 0.258 e. The number of amides is 2. The number of anilines is 1. The van der Waals surface area contributed by atoms with Crippen molar-refractivity contribution in [3.63, 3.8) is 0 Å². The summed E-state index contributed by atoms with van der Waals surface area (Å²) in [4.78, 5) is 33.6. The molecule has 31 heavy (non-hydrogen) atoms. The Labute approximate surface area is 188 Å². The fourth-order valence-corrected chi connectivity index (χ4v) is 5.28. The van der Waals surface area contributed by atoms with E-state index in [1.54, 1.807) is 17.7 Å². The third kappa shape index (κ3) is 5.16. The Balaban J connectivity index is 1.27. The van der Waals surface area contributed by atoms with Crippen LogP contribution in [0.5, 0.6) is 0 Å². The van der Waals surface area contributed by atoms with Gasteiger partial charge in [-0.05, 0) is 30.3 Å². The number of thioether (sulfide) groups is 1. The number of rotatable bonds is 5. The van der Waals surface area contributed by atoms with E-state index in [-0.39, 0.29) is 29.1 Å². The molecule has 2 heterocycles. The van der Waals surface area contributed by atoms with Gasteiger partial charge in [0, 0.05) is 38.9 Å². The van der Waals surface area contributed by atoms with Crippen LogP contribution in [-0.4, -0.2) is 59.0 Å². The van der Waals surface area contributed by atoms with Crippen molar-refractivity contribution in [2.24, 2.45) is 12.0 Å². The lowest BCUT2D eigenvalue weighted by Crippen LogP contribution is -2.49. The molecule has 0 spiro atoms. The summed E-state index contributed by atoms with van der Waals surface area (Å²) in [6.45, 7) is 2.97. The first-order valence-corrected chi connectivity index (χ1v) is 12.0. The molecule has 1 aliphatic rings. The van der Waals surface area contributed by atoms with E-state index in [4.69, 9.17) is 0 Å². The highest BCUT2D eigenvalue weighted by atomic mass is 32.2. The number of piperazine rings is 1. The molecule has 9 heteroatoms. The van der Waals surface area contributed by atoms with Crippen LogP contribution in [0.15, 0.2) is 53.5 Å². The summed E-state index contributed by atoms with van der Waals surface area (Å²) in [6.07, 6.45) is 0. The monoisotopic (exact) mass is 458 g/mol. The number of carbonyl (C=O) groups excluding carboxylic acids is 2. The molecule has 162 valence electrons. The molecule has 3 aromatic rings. The van der Waals surface area contributed by atoms with Gasteiger partial charge in [0.15, 0.2) is 4.80 Å². The Morgan fingerprint density at radius 1 is 1.06 bits per heavy atom. The summed E-state index contributed by atoms with van der Waals surface area (Å²) in [7, 11) is 1.80. The van der Waals surface area contributed by atoms with E-state index < -0.39 is 0 Å². The van der Waals surface area contributed by atoms with Gasteiger partial charge in [0.25, 0.3) is 5.91 Å². The second kappa shape index (κ2) is 9.65. The van der Waals surface area contributed by atoms with Gasteiger partial charge in [-0.25, -0.2) is 4.39 Å². The van der Waals surface area contributed by atoms with Crippen molar-refractivity contribution in [3.8, 4) is 0 Å². The van der Waals surface area contributed by atoms with E-state index >= 15 is 0 Å². The fraction of sp³-hybridized carbons (Fsp3) is 0.318. The van der Waals surface area contributed by atoms with E-state index in [2.05, 4.69) is 22.0 Å². The first-order chi connectivity index (χ1) is 15.0. The quantitative estimate of drug-likeness (QED) is 0.590. The molecule has 0 unspecified atom stereocenters. The second-order valence-electron chi connectivity index (χ2n) is 7.26. The minimum Gasteiger partial charge on any atom is -0.368 e.